The van der Waals surface area contributed by atoms with E-state index in [4.69, 9.17) is 0 Å². The van der Waals surface area contributed by atoms with Gasteiger partial charge in [-0.15, -0.1) is 0 Å². The maximum absolute atomic E-state index is 12.3. The van der Waals surface area contributed by atoms with E-state index in [-0.39, 0.29) is 11.0 Å². The molecule has 0 aliphatic carbocycles. The minimum absolute atomic E-state index is 0.0525. The van der Waals surface area contributed by atoms with Gasteiger partial charge >= 0.3 is 6.18 Å². The largest absolute Gasteiger partial charge is 0.417 e. The Kier molecular flexibility index (Phi) is 4.56. The van der Waals surface area contributed by atoms with Gasteiger partial charge in [0.2, 0.25) is 0 Å². The number of carbonyl (C=O) groups is 1. The van der Waals surface area contributed by atoms with Crippen LogP contribution in [-0.2, 0) is 11.0 Å². The number of thioether (sulfide) groups is 1. The highest BCUT2D eigenvalue weighted by Crippen LogP contribution is 2.30. The fraction of sp³-hybridized carbons (Fsp3) is 0.455. The molecule has 1 heterocycles. The second-order valence-electron chi connectivity index (χ2n) is 3.46. The Labute approximate surface area is 102 Å². The van der Waals surface area contributed by atoms with Crippen LogP contribution in [0.25, 0.3) is 0 Å². The molecule has 0 saturated heterocycles. The van der Waals surface area contributed by atoms with E-state index in [0.717, 1.165) is 12.3 Å². The van der Waals surface area contributed by atoms with Crippen LogP contribution in [0.5, 0.6) is 0 Å². The number of nitrogens with zero attached hydrogens (tertiary/aromatic N) is 1. The Morgan fingerprint density at radius 2 is 2.12 bits per heavy atom. The number of alkyl halides is 3. The number of halogens is 3. The standard InChI is InChI=1S/C11H12F3NOS/c1-3-9(16)7(2)17-10-5-4-8(6-15-10)11(12,13)14/h4-7H,3H2,1-2H3. The lowest BCUT2D eigenvalue weighted by molar-refractivity contribution is -0.137. The molecule has 0 N–H and O–H groups in total. The molecule has 0 amide bonds. The molecule has 1 atom stereocenters. The van der Waals surface area contributed by atoms with Gasteiger partial charge in [-0.2, -0.15) is 13.2 Å². The van der Waals surface area contributed by atoms with Gasteiger partial charge in [-0.25, -0.2) is 4.98 Å². The summed E-state index contributed by atoms with van der Waals surface area (Å²) in [6.45, 7) is 3.47. The third-order valence-corrected chi connectivity index (χ3v) is 3.26. The van der Waals surface area contributed by atoms with Crippen molar-refractivity contribution in [3.8, 4) is 0 Å². The number of hydrogen-bond donors (Lipinski definition) is 0. The molecule has 0 fully saturated rings. The minimum Gasteiger partial charge on any atom is -0.298 e. The summed E-state index contributed by atoms with van der Waals surface area (Å²) >= 11 is 1.17. The summed E-state index contributed by atoms with van der Waals surface area (Å²) < 4.78 is 36.8. The van der Waals surface area contributed by atoms with Crippen molar-refractivity contribution < 1.29 is 18.0 Å². The molecular formula is C11H12F3NOS. The molecule has 94 valence electrons. The molecule has 0 bridgehead atoms. The van der Waals surface area contributed by atoms with Gasteiger partial charge in [0.25, 0.3) is 0 Å². The summed E-state index contributed by atoms with van der Waals surface area (Å²) in [5.41, 5.74) is -0.781. The number of hydrogen-bond acceptors (Lipinski definition) is 3. The monoisotopic (exact) mass is 263 g/mol. The van der Waals surface area contributed by atoms with Gasteiger partial charge in [-0.05, 0) is 19.1 Å². The first-order valence-electron chi connectivity index (χ1n) is 5.07. The Bertz CT molecular complexity index is 389. The summed E-state index contributed by atoms with van der Waals surface area (Å²) in [5.74, 6) is 0.0525. The van der Waals surface area contributed by atoms with Crippen LogP contribution in [0.1, 0.15) is 25.8 Å². The van der Waals surface area contributed by atoms with Crippen molar-refractivity contribution in [1.82, 2.24) is 4.98 Å². The van der Waals surface area contributed by atoms with Crippen molar-refractivity contribution in [2.75, 3.05) is 0 Å². The molecule has 1 unspecified atom stereocenters. The Morgan fingerprint density at radius 3 is 2.53 bits per heavy atom. The molecule has 17 heavy (non-hydrogen) atoms. The van der Waals surface area contributed by atoms with E-state index in [2.05, 4.69) is 4.98 Å². The highest BCUT2D eigenvalue weighted by molar-refractivity contribution is 8.00. The minimum atomic E-state index is -4.37. The molecule has 0 aromatic carbocycles. The second kappa shape index (κ2) is 5.53. The number of carbonyl (C=O) groups excluding carboxylic acids is 1. The summed E-state index contributed by atoms with van der Waals surface area (Å²) in [7, 11) is 0. The molecule has 1 aromatic heterocycles. The lowest BCUT2D eigenvalue weighted by atomic mass is 10.2. The molecule has 0 aliphatic heterocycles. The van der Waals surface area contributed by atoms with E-state index >= 15 is 0 Å². The fourth-order valence-corrected chi connectivity index (χ4v) is 2.07. The lowest BCUT2D eigenvalue weighted by Gasteiger charge is -2.09. The van der Waals surface area contributed by atoms with Crippen molar-refractivity contribution in [2.24, 2.45) is 0 Å². The molecular weight excluding hydrogens is 251 g/mol. The van der Waals surface area contributed by atoms with Crippen LogP contribution in [0.15, 0.2) is 23.4 Å². The highest BCUT2D eigenvalue weighted by atomic mass is 32.2. The van der Waals surface area contributed by atoms with Crippen LogP contribution in [-0.4, -0.2) is 16.0 Å². The second-order valence-corrected chi connectivity index (χ2v) is 4.82. The molecule has 0 saturated carbocycles. The number of aromatic nitrogens is 1. The van der Waals surface area contributed by atoms with Crippen molar-refractivity contribution in [2.45, 2.75) is 36.7 Å². The quantitative estimate of drug-likeness (QED) is 0.778. The molecule has 2 nitrogen and oxygen atoms in total. The Hall–Kier alpha value is -1.04. The predicted octanol–water partition coefficient (Wildman–Crippen LogP) is 3.56. The predicted molar refractivity (Wildman–Crippen MR) is 59.9 cm³/mol. The van der Waals surface area contributed by atoms with Gasteiger partial charge in [0, 0.05) is 12.6 Å². The first-order valence-corrected chi connectivity index (χ1v) is 5.95. The number of rotatable bonds is 4. The average molecular weight is 263 g/mol. The fourth-order valence-electron chi connectivity index (χ4n) is 1.15. The van der Waals surface area contributed by atoms with E-state index < -0.39 is 11.7 Å². The highest BCUT2D eigenvalue weighted by Gasteiger charge is 2.30. The molecule has 1 aromatic rings. The van der Waals surface area contributed by atoms with E-state index in [1.165, 1.54) is 17.8 Å². The first kappa shape index (κ1) is 14.0. The van der Waals surface area contributed by atoms with Crippen LogP contribution in [0.3, 0.4) is 0 Å². The van der Waals surface area contributed by atoms with Crippen LogP contribution >= 0.6 is 11.8 Å². The third-order valence-electron chi connectivity index (χ3n) is 2.16. The zero-order valence-corrected chi connectivity index (χ0v) is 10.2. The summed E-state index contributed by atoms with van der Waals surface area (Å²) in [4.78, 5) is 15.0. The van der Waals surface area contributed by atoms with Gasteiger partial charge in [-0.1, -0.05) is 18.7 Å². The Morgan fingerprint density at radius 1 is 1.47 bits per heavy atom. The first-order chi connectivity index (χ1) is 7.84. The van der Waals surface area contributed by atoms with Crippen molar-refractivity contribution in [1.29, 1.82) is 0 Å². The van der Waals surface area contributed by atoms with E-state index in [0.29, 0.717) is 11.4 Å². The maximum atomic E-state index is 12.3. The van der Waals surface area contributed by atoms with E-state index in [1.807, 2.05) is 0 Å². The number of Topliss-reactive ketones (excluding diaryl/α,β-unsaturated/α-hetero) is 1. The van der Waals surface area contributed by atoms with Gasteiger partial charge in [0.05, 0.1) is 15.8 Å². The van der Waals surface area contributed by atoms with Crippen molar-refractivity contribution in [3.05, 3.63) is 23.9 Å². The van der Waals surface area contributed by atoms with E-state index in [9.17, 15) is 18.0 Å². The van der Waals surface area contributed by atoms with Crippen LogP contribution in [0.4, 0.5) is 13.2 Å². The zero-order chi connectivity index (χ0) is 13.1. The summed E-state index contributed by atoms with van der Waals surface area (Å²) in [6, 6.07) is 2.26. The van der Waals surface area contributed by atoms with Crippen LogP contribution in [0.2, 0.25) is 0 Å². The van der Waals surface area contributed by atoms with Gasteiger partial charge < -0.3 is 0 Å². The molecule has 0 spiro atoms. The van der Waals surface area contributed by atoms with Crippen LogP contribution < -0.4 is 0 Å². The SMILES string of the molecule is CCC(=O)C(C)Sc1ccc(C(F)(F)F)cn1. The zero-order valence-electron chi connectivity index (χ0n) is 9.41. The summed E-state index contributed by atoms with van der Waals surface area (Å²) in [5, 5.41) is 0.136. The topological polar surface area (TPSA) is 30.0 Å². The van der Waals surface area contributed by atoms with Gasteiger partial charge in [0.15, 0.2) is 0 Å². The van der Waals surface area contributed by atoms with Crippen LogP contribution in [0, 0.1) is 0 Å². The Balaban J connectivity index is 2.72. The smallest absolute Gasteiger partial charge is 0.298 e. The number of pyridine rings is 1. The molecule has 0 radical (unpaired) electrons. The van der Waals surface area contributed by atoms with Gasteiger partial charge in [0.1, 0.15) is 5.78 Å². The molecule has 0 aliphatic rings. The maximum Gasteiger partial charge on any atom is 0.417 e. The molecule has 6 heteroatoms. The van der Waals surface area contributed by atoms with Crippen molar-refractivity contribution in [3.63, 3.8) is 0 Å². The lowest BCUT2D eigenvalue weighted by Crippen LogP contribution is -2.11. The molecule has 1 rings (SSSR count). The summed E-state index contributed by atoms with van der Waals surface area (Å²) in [6.07, 6.45) is -3.18. The normalized spacial score (nSPS) is 13.5. The van der Waals surface area contributed by atoms with Crippen molar-refractivity contribution >= 4 is 17.5 Å². The third kappa shape index (κ3) is 4.03. The average Bonchev–Trinajstić information content (AvgIpc) is 2.27. The number of ketones is 1. The van der Waals surface area contributed by atoms with E-state index in [1.54, 1.807) is 13.8 Å². The van der Waals surface area contributed by atoms with Gasteiger partial charge in [-0.3, -0.25) is 4.79 Å².